The number of hydrogen-bond acceptors (Lipinski definition) is 5. The van der Waals surface area contributed by atoms with Crippen LogP contribution in [-0.4, -0.2) is 55.7 Å². The average molecular weight is 377 g/mol. The molecule has 0 aliphatic carbocycles. The van der Waals surface area contributed by atoms with Crippen molar-refractivity contribution in [3.63, 3.8) is 0 Å². The SMILES string of the molecule is CCOC(=O)N1CCC(NC(=O)CC(=O)NCc2ccccc2OC)CC1. The summed E-state index contributed by atoms with van der Waals surface area (Å²) in [6.07, 6.45) is 0.742. The van der Waals surface area contributed by atoms with E-state index in [0.717, 1.165) is 5.56 Å². The minimum atomic E-state index is -0.345. The number of piperidine rings is 1. The predicted octanol–water partition coefficient (Wildman–Crippen LogP) is 1.44. The van der Waals surface area contributed by atoms with Gasteiger partial charge in [0.25, 0.3) is 0 Å². The van der Waals surface area contributed by atoms with Gasteiger partial charge in [0.05, 0.1) is 13.7 Å². The van der Waals surface area contributed by atoms with Gasteiger partial charge in [0, 0.05) is 31.2 Å². The van der Waals surface area contributed by atoms with Crippen molar-refractivity contribution in [1.82, 2.24) is 15.5 Å². The van der Waals surface area contributed by atoms with Crippen LogP contribution in [0.25, 0.3) is 0 Å². The summed E-state index contributed by atoms with van der Waals surface area (Å²) in [6, 6.07) is 7.35. The minimum Gasteiger partial charge on any atom is -0.496 e. The Kier molecular flexibility index (Phi) is 7.91. The molecule has 1 aliphatic heterocycles. The molecule has 0 atom stereocenters. The van der Waals surface area contributed by atoms with Crippen molar-refractivity contribution in [3.05, 3.63) is 29.8 Å². The highest BCUT2D eigenvalue weighted by atomic mass is 16.6. The minimum absolute atomic E-state index is 0.0369. The van der Waals surface area contributed by atoms with E-state index in [2.05, 4.69) is 10.6 Å². The van der Waals surface area contributed by atoms with Gasteiger partial charge in [0.15, 0.2) is 0 Å². The lowest BCUT2D eigenvalue weighted by Crippen LogP contribution is -2.47. The van der Waals surface area contributed by atoms with Crippen LogP contribution in [0.4, 0.5) is 4.79 Å². The van der Waals surface area contributed by atoms with Crippen LogP contribution in [0.15, 0.2) is 24.3 Å². The maximum absolute atomic E-state index is 12.1. The Morgan fingerprint density at radius 3 is 2.52 bits per heavy atom. The number of nitrogens with one attached hydrogen (secondary N) is 2. The average Bonchev–Trinajstić information content (AvgIpc) is 2.67. The molecule has 1 heterocycles. The third kappa shape index (κ3) is 6.47. The maximum Gasteiger partial charge on any atom is 0.409 e. The zero-order chi connectivity index (χ0) is 19.6. The third-order valence-corrected chi connectivity index (χ3v) is 4.38. The number of carbonyl (C=O) groups is 3. The summed E-state index contributed by atoms with van der Waals surface area (Å²) in [4.78, 5) is 37.4. The molecule has 8 nitrogen and oxygen atoms in total. The summed E-state index contributed by atoms with van der Waals surface area (Å²) in [5.41, 5.74) is 0.847. The number of rotatable bonds is 7. The monoisotopic (exact) mass is 377 g/mol. The van der Waals surface area contributed by atoms with E-state index >= 15 is 0 Å². The first-order chi connectivity index (χ1) is 13.0. The molecule has 2 N–H and O–H groups in total. The first kappa shape index (κ1) is 20.5. The van der Waals surface area contributed by atoms with Gasteiger partial charge in [-0.25, -0.2) is 4.79 Å². The van der Waals surface area contributed by atoms with Crippen molar-refractivity contribution in [3.8, 4) is 5.75 Å². The second-order valence-corrected chi connectivity index (χ2v) is 6.29. The van der Waals surface area contributed by atoms with E-state index in [1.54, 1.807) is 18.9 Å². The molecule has 1 saturated heterocycles. The molecule has 1 fully saturated rings. The molecule has 2 rings (SSSR count). The van der Waals surface area contributed by atoms with E-state index in [0.29, 0.717) is 44.8 Å². The first-order valence-corrected chi connectivity index (χ1v) is 9.13. The molecule has 1 aliphatic rings. The van der Waals surface area contributed by atoms with Gasteiger partial charge in [-0.2, -0.15) is 0 Å². The molecule has 0 bridgehead atoms. The summed E-state index contributed by atoms with van der Waals surface area (Å²) < 4.78 is 10.2. The number of ether oxygens (including phenoxy) is 2. The number of methoxy groups -OCH3 is 1. The van der Waals surface area contributed by atoms with Gasteiger partial charge in [-0.1, -0.05) is 18.2 Å². The quantitative estimate of drug-likeness (QED) is 0.701. The van der Waals surface area contributed by atoms with Crippen LogP contribution in [-0.2, 0) is 20.9 Å². The Balaban J connectivity index is 1.70. The second kappa shape index (κ2) is 10.4. The molecule has 27 heavy (non-hydrogen) atoms. The van der Waals surface area contributed by atoms with Gasteiger partial charge in [-0.3, -0.25) is 9.59 Å². The van der Waals surface area contributed by atoms with Crippen molar-refractivity contribution in [2.75, 3.05) is 26.8 Å². The van der Waals surface area contributed by atoms with E-state index in [1.165, 1.54) is 0 Å². The first-order valence-electron chi connectivity index (χ1n) is 9.13. The number of carbonyl (C=O) groups excluding carboxylic acids is 3. The zero-order valence-corrected chi connectivity index (χ0v) is 15.8. The summed E-state index contributed by atoms with van der Waals surface area (Å²) in [7, 11) is 1.57. The molecule has 0 spiro atoms. The van der Waals surface area contributed by atoms with E-state index in [4.69, 9.17) is 9.47 Å². The molecule has 0 radical (unpaired) electrons. The molecule has 1 aromatic carbocycles. The summed E-state index contributed by atoms with van der Waals surface area (Å²) >= 11 is 0. The summed E-state index contributed by atoms with van der Waals surface area (Å²) in [5, 5.41) is 5.59. The Morgan fingerprint density at radius 1 is 1.15 bits per heavy atom. The normalized spacial score (nSPS) is 14.4. The van der Waals surface area contributed by atoms with Gasteiger partial charge >= 0.3 is 6.09 Å². The molecule has 3 amide bonds. The fraction of sp³-hybridized carbons (Fsp3) is 0.526. The van der Waals surface area contributed by atoms with Gasteiger partial charge < -0.3 is 25.0 Å². The number of para-hydroxylation sites is 1. The number of benzene rings is 1. The van der Waals surface area contributed by atoms with Crippen LogP contribution in [0, 0.1) is 0 Å². The van der Waals surface area contributed by atoms with Crippen molar-refractivity contribution in [1.29, 1.82) is 0 Å². The van der Waals surface area contributed by atoms with E-state index in [-0.39, 0.29) is 30.4 Å². The molecule has 0 unspecified atom stereocenters. The zero-order valence-electron chi connectivity index (χ0n) is 15.8. The number of hydrogen-bond donors (Lipinski definition) is 2. The fourth-order valence-electron chi connectivity index (χ4n) is 2.95. The Labute approximate surface area is 159 Å². The maximum atomic E-state index is 12.1. The molecule has 0 aromatic heterocycles. The highest BCUT2D eigenvalue weighted by molar-refractivity contribution is 5.96. The van der Waals surface area contributed by atoms with Gasteiger partial charge in [-0.05, 0) is 25.8 Å². The van der Waals surface area contributed by atoms with Crippen molar-refractivity contribution < 1.29 is 23.9 Å². The lowest BCUT2D eigenvalue weighted by molar-refractivity contribution is -0.129. The largest absolute Gasteiger partial charge is 0.496 e. The smallest absolute Gasteiger partial charge is 0.409 e. The molecule has 148 valence electrons. The van der Waals surface area contributed by atoms with Crippen molar-refractivity contribution >= 4 is 17.9 Å². The van der Waals surface area contributed by atoms with Crippen molar-refractivity contribution in [2.45, 2.75) is 38.8 Å². The van der Waals surface area contributed by atoms with Gasteiger partial charge in [-0.15, -0.1) is 0 Å². The van der Waals surface area contributed by atoms with Gasteiger partial charge in [0.1, 0.15) is 12.2 Å². The van der Waals surface area contributed by atoms with Crippen LogP contribution in [0.2, 0.25) is 0 Å². The van der Waals surface area contributed by atoms with Crippen LogP contribution in [0.3, 0.4) is 0 Å². The number of amides is 3. The molecular weight excluding hydrogens is 350 g/mol. The third-order valence-electron chi connectivity index (χ3n) is 4.38. The van der Waals surface area contributed by atoms with Gasteiger partial charge in [0.2, 0.25) is 11.8 Å². The Hall–Kier alpha value is -2.77. The predicted molar refractivity (Wildman–Crippen MR) is 99.2 cm³/mol. The van der Waals surface area contributed by atoms with E-state index in [9.17, 15) is 14.4 Å². The van der Waals surface area contributed by atoms with Crippen LogP contribution < -0.4 is 15.4 Å². The molecule has 1 aromatic rings. The summed E-state index contributed by atoms with van der Waals surface area (Å²) in [5.74, 6) is 0.0279. The van der Waals surface area contributed by atoms with Crippen LogP contribution in [0.5, 0.6) is 5.75 Å². The highest BCUT2D eigenvalue weighted by Crippen LogP contribution is 2.16. The molecular formula is C19H27N3O5. The number of likely N-dealkylation sites (tertiary alicyclic amines) is 1. The van der Waals surface area contributed by atoms with Crippen LogP contribution in [0.1, 0.15) is 31.7 Å². The van der Waals surface area contributed by atoms with E-state index < -0.39 is 0 Å². The highest BCUT2D eigenvalue weighted by Gasteiger charge is 2.25. The van der Waals surface area contributed by atoms with Crippen molar-refractivity contribution in [2.24, 2.45) is 0 Å². The number of nitrogens with zero attached hydrogens (tertiary/aromatic N) is 1. The molecule has 8 heteroatoms. The van der Waals surface area contributed by atoms with E-state index in [1.807, 2.05) is 24.3 Å². The topological polar surface area (TPSA) is 97.0 Å². The Bertz CT molecular complexity index is 657. The fourth-order valence-corrected chi connectivity index (χ4v) is 2.95. The Morgan fingerprint density at radius 2 is 1.85 bits per heavy atom. The second-order valence-electron chi connectivity index (χ2n) is 6.29. The standard InChI is InChI=1S/C19H27N3O5/c1-3-27-19(25)22-10-8-15(9-11-22)21-18(24)12-17(23)20-13-14-6-4-5-7-16(14)26-2/h4-7,15H,3,8-13H2,1-2H3,(H,20,23)(H,21,24). The lowest BCUT2D eigenvalue weighted by atomic mass is 10.1. The summed E-state index contributed by atoms with van der Waals surface area (Å²) in [6.45, 7) is 3.48. The lowest BCUT2D eigenvalue weighted by Gasteiger charge is -2.31. The van der Waals surface area contributed by atoms with Crippen LogP contribution >= 0.6 is 0 Å². The molecule has 0 saturated carbocycles.